The number of aryl methyl sites for hydroxylation is 1. The van der Waals surface area contributed by atoms with Crippen molar-refractivity contribution in [2.45, 2.75) is 12.1 Å². The molecule has 0 unspecified atom stereocenters. The smallest absolute Gasteiger partial charge is 0.343 e. The summed E-state index contributed by atoms with van der Waals surface area (Å²) in [5, 5.41) is 21.2. The van der Waals surface area contributed by atoms with Gasteiger partial charge in [0.15, 0.2) is 0 Å². The van der Waals surface area contributed by atoms with Crippen LogP contribution in [-0.4, -0.2) is 57.9 Å². The maximum atomic E-state index is 13.7. The average Bonchev–Trinajstić information content (AvgIpc) is 2.92. The Morgan fingerprint density at radius 3 is 2.13 bits per heavy atom. The minimum atomic E-state index is -1.35. The summed E-state index contributed by atoms with van der Waals surface area (Å²) in [6, 6.07) is 16.6. The van der Waals surface area contributed by atoms with Crippen LogP contribution in [0.15, 0.2) is 76.0 Å². The lowest BCUT2D eigenvalue weighted by Gasteiger charge is -2.45. The van der Waals surface area contributed by atoms with Gasteiger partial charge >= 0.3 is 5.97 Å². The average molecular weight is 598 g/mol. The largest absolute Gasteiger partial charge is 0.477 e. The van der Waals surface area contributed by atoms with Crippen LogP contribution in [0.5, 0.6) is 0 Å². The van der Waals surface area contributed by atoms with Gasteiger partial charge in [0.25, 0.3) is 5.56 Å². The number of aliphatic hydroxyl groups is 1. The van der Waals surface area contributed by atoms with Crippen LogP contribution in [0, 0.1) is 11.6 Å². The van der Waals surface area contributed by atoms with Gasteiger partial charge in [0.1, 0.15) is 17.2 Å². The molecular weight excluding hydrogens is 572 g/mol. The monoisotopic (exact) mass is 597 g/mol. The van der Waals surface area contributed by atoms with Crippen LogP contribution in [0.2, 0.25) is 0 Å². The first-order valence-corrected chi connectivity index (χ1v) is 13.2. The van der Waals surface area contributed by atoms with Gasteiger partial charge in [-0.25, -0.2) is 13.6 Å². The first kappa shape index (κ1) is 27.0. The Labute approximate surface area is 231 Å². The number of carboxylic acid groups (broad SMARTS) is 1. The minimum Gasteiger partial charge on any atom is -0.477 e. The Balaban J connectivity index is 1.60. The van der Waals surface area contributed by atoms with Crippen molar-refractivity contribution in [2.75, 3.05) is 31.1 Å². The minimum absolute atomic E-state index is 0.265. The van der Waals surface area contributed by atoms with Gasteiger partial charge in [-0.1, -0.05) is 40.2 Å². The lowest BCUT2D eigenvalue weighted by molar-refractivity contribution is 0.0694. The standard InChI is InChI=1S/C29H26BrF2N3O4/c1-33-24-11-6-19(30)14-23(24)27(25(28(33)37)29(38)39)35-13-12-34(15-22(35)16-36)26(17-2-7-20(31)8-3-17)18-4-9-21(32)10-5-18/h2-11,14,22,26,36H,12-13,15-16H2,1H3,(H,38,39)/t22-/m1/s1. The van der Waals surface area contributed by atoms with Crippen molar-refractivity contribution >= 4 is 38.5 Å². The van der Waals surface area contributed by atoms with Gasteiger partial charge in [-0.2, -0.15) is 0 Å². The van der Waals surface area contributed by atoms with Crippen LogP contribution < -0.4 is 10.5 Å². The summed E-state index contributed by atoms with van der Waals surface area (Å²) in [5.41, 5.74) is 1.42. The van der Waals surface area contributed by atoms with Crippen molar-refractivity contribution in [3.63, 3.8) is 0 Å². The molecule has 10 heteroatoms. The number of aromatic nitrogens is 1. The molecule has 1 atom stereocenters. The summed E-state index contributed by atoms with van der Waals surface area (Å²) < 4.78 is 29.5. The molecule has 0 radical (unpaired) electrons. The Kier molecular flexibility index (Phi) is 7.53. The molecule has 0 aliphatic carbocycles. The van der Waals surface area contributed by atoms with E-state index in [1.807, 2.05) is 0 Å². The number of nitrogens with zero attached hydrogens (tertiary/aromatic N) is 3. The van der Waals surface area contributed by atoms with Gasteiger partial charge in [-0.05, 0) is 53.6 Å². The lowest BCUT2D eigenvalue weighted by atomic mass is 9.95. The molecule has 7 nitrogen and oxygen atoms in total. The fraction of sp³-hybridized carbons (Fsp3) is 0.241. The number of fused-ring (bicyclic) bond motifs is 1. The van der Waals surface area contributed by atoms with Crippen LogP contribution in [-0.2, 0) is 7.05 Å². The fourth-order valence-corrected chi connectivity index (χ4v) is 5.82. The number of carbonyl (C=O) groups is 1. The van der Waals surface area contributed by atoms with Gasteiger partial charge in [-0.3, -0.25) is 9.69 Å². The predicted octanol–water partition coefficient (Wildman–Crippen LogP) is 4.55. The van der Waals surface area contributed by atoms with E-state index in [1.165, 1.54) is 35.9 Å². The number of hydrogen-bond donors (Lipinski definition) is 2. The molecule has 1 fully saturated rings. The molecule has 4 aromatic rings. The highest BCUT2D eigenvalue weighted by atomic mass is 79.9. The summed E-state index contributed by atoms with van der Waals surface area (Å²) in [7, 11) is 1.53. The molecule has 0 spiro atoms. The summed E-state index contributed by atoms with van der Waals surface area (Å²) >= 11 is 3.45. The molecule has 1 saturated heterocycles. The second-order valence-corrected chi connectivity index (χ2v) is 10.5. The van der Waals surface area contributed by atoms with Crippen molar-refractivity contribution < 1.29 is 23.8 Å². The van der Waals surface area contributed by atoms with Crippen LogP contribution >= 0.6 is 15.9 Å². The molecular formula is C29H26BrF2N3O4. The van der Waals surface area contributed by atoms with E-state index in [0.29, 0.717) is 30.5 Å². The third-order valence-corrected chi connectivity index (χ3v) is 7.79. The molecule has 39 heavy (non-hydrogen) atoms. The highest BCUT2D eigenvalue weighted by Gasteiger charge is 2.36. The fourth-order valence-electron chi connectivity index (χ4n) is 5.46. The molecule has 2 heterocycles. The Morgan fingerprint density at radius 1 is 1.00 bits per heavy atom. The molecule has 1 aromatic heterocycles. The van der Waals surface area contributed by atoms with E-state index >= 15 is 0 Å². The van der Waals surface area contributed by atoms with E-state index < -0.39 is 17.6 Å². The third-order valence-electron chi connectivity index (χ3n) is 7.29. The van der Waals surface area contributed by atoms with E-state index in [9.17, 15) is 28.6 Å². The number of hydrogen-bond acceptors (Lipinski definition) is 5. The van der Waals surface area contributed by atoms with E-state index in [0.717, 1.165) is 15.6 Å². The number of pyridine rings is 1. The normalized spacial score (nSPS) is 16.3. The number of piperazine rings is 1. The van der Waals surface area contributed by atoms with Gasteiger partial charge < -0.3 is 19.7 Å². The third kappa shape index (κ3) is 5.07. The van der Waals surface area contributed by atoms with Crippen LogP contribution in [0.25, 0.3) is 10.9 Å². The second-order valence-electron chi connectivity index (χ2n) is 9.58. The summed E-state index contributed by atoms with van der Waals surface area (Å²) in [6.07, 6.45) is 0. The maximum Gasteiger partial charge on any atom is 0.343 e. The molecule has 0 saturated carbocycles. The molecule has 202 valence electrons. The number of rotatable bonds is 6. The zero-order valence-corrected chi connectivity index (χ0v) is 22.6. The van der Waals surface area contributed by atoms with Crippen LogP contribution in [0.4, 0.5) is 14.5 Å². The summed E-state index contributed by atoms with van der Waals surface area (Å²) in [5.74, 6) is -2.10. The zero-order chi connectivity index (χ0) is 27.8. The topological polar surface area (TPSA) is 86.0 Å². The second kappa shape index (κ2) is 10.9. The Bertz CT molecular complexity index is 1550. The van der Waals surface area contributed by atoms with Gasteiger partial charge in [0.05, 0.1) is 29.9 Å². The highest BCUT2D eigenvalue weighted by Crippen LogP contribution is 2.36. The van der Waals surface area contributed by atoms with Crippen molar-refractivity contribution in [1.82, 2.24) is 9.47 Å². The predicted molar refractivity (Wildman–Crippen MR) is 148 cm³/mol. The summed E-state index contributed by atoms with van der Waals surface area (Å²) in [4.78, 5) is 29.4. The number of aromatic carboxylic acids is 1. The number of anilines is 1. The molecule has 2 N–H and O–H groups in total. The van der Waals surface area contributed by atoms with E-state index in [2.05, 4.69) is 20.8 Å². The van der Waals surface area contributed by atoms with E-state index in [4.69, 9.17) is 0 Å². The molecule has 1 aliphatic rings. The van der Waals surface area contributed by atoms with Crippen molar-refractivity contribution in [2.24, 2.45) is 7.05 Å². The molecule has 3 aromatic carbocycles. The molecule has 0 bridgehead atoms. The van der Waals surface area contributed by atoms with Gasteiger partial charge in [-0.15, -0.1) is 0 Å². The molecule has 5 rings (SSSR count). The van der Waals surface area contributed by atoms with E-state index in [-0.39, 0.29) is 35.5 Å². The van der Waals surface area contributed by atoms with Gasteiger partial charge in [0.2, 0.25) is 0 Å². The number of carboxylic acids is 1. The zero-order valence-electron chi connectivity index (χ0n) is 21.0. The van der Waals surface area contributed by atoms with Gasteiger partial charge in [0, 0.05) is 36.5 Å². The van der Waals surface area contributed by atoms with E-state index in [1.54, 1.807) is 47.4 Å². The quantitative estimate of drug-likeness (QED) is 0.339. The molecule has 0 amide bonds. The van der Waals surface area contributed by atoms with Crippen molar-refractivity contribution in [3.8, 4) is 0 Å². The van der Waals surface area contributed by atoms with Crippen molar-refractivity contribution in [3.05, 3.63) is 110 Å². The number of halogens is 3. The SMILES string of the molecule is Cn1c(=O)c(C(=O)O)c(N2CCN(C(c3ccc(F)cc3)c3ccc(F)cc3)C[C@@H]2CO)c2cc(Br)ccc21. The van der Waals surface area contributed by atoms with Crippen molar-refractivity contribution in [1.29, 1.82) is 0 Å². The lowest BCUT2D eigenvalue weighted by Crippen LogP contribution is -2.56. The van der Waals surface area contributed by atoms with Crippen LogP contribution in [0.3, 0.4) is 0 Å². The Morgan fingerprint density at radius 2 is 1.59 bits per heavy atom. The Hall–Kier alpha value is -3.60. The maximum absolute atomic E-state index is 13.7. The first-order valence-electron chi connectivity index (χ1n) is 12.4. The molecule has 1 aliphatic heterocycles. The number of benzene rings is 3. The number of aliphatic hydroxyl groups excluding tert-OH is 1. The highest BCUT2D eigenvalue weighted by molar-refractivity contribution is 9.10. The summed E-state index contributed by atoms with van der Waals surface area (Å²) in [6.45, 7) is 0.734. The first-order chi connectivity index (χ1) is 18.7. The van der Waals surface area contributed by atoms with Crippen LogP contribution in [0.1, 0.15) is 27.5 Å².